The summed E-state index contributed by atoms with van der Waals surface area (Å²) in [6.07, 6.45) is 0.783. The van der Waals surface area contributed by atoms with Crippen molar-refractivity contribution in [3.05, 3.63) is 0 Å². The van der Waals surface area contributed by atoms with E-state index >= 15 is 0 Å². The van der Waals surface area contributed by atoms with Gasteiger partial charge in [-0.25, -0.2) is 0 Å². The van der Waals surface area contributed by atoms with Crippen molar-refractivity contribution in [3.8, 4) is 0 Å². The summed E-state index contributed by atoms with van der Waals surface area (Å²) in [5.74, 6) is -0.859. The molecule has 1 aliphatic carbocycles. The summed E-state index contributed by atoms with van der Waals surface area (Å²) in [4.78, 5) is 23.1. The van der Waals surface area contributed by atoms with E-state index in [1.54, 1.807) is 0 Å². The molecule has 2 atom stereocenters. The number of hydrogen-bond donors (Lipinski definition) is 0. The highest BCUT2D eigenvalue weighted by Crippen LogP contribution is 2.61. The molecule has 1 saturated carbocycles. The van der Waals surface area contributed by atoms with Crippen LogP contribution in [0.4, 0.5) is 0 Å². The number of carbonyl (C=O) groups is 2. The summed E-state index contributed by atoms with van der Waals surface area (Å²) >= 11 is 0. The molecule has 0 radical (unpaired) electrons. The maximum Gasteiger partial charge on any atom is 0.323 e. The van der Waals surface area contributed by atoms with Crippen molar-refractivity contribution in [1.82, 2.24) is 0 Å². The molecular weight excluding hydrogens is 184 g/mol. The van der Waals surface area contributed by atoms with Gasteiger partial charge in [-0.05, 0) is 11.8 Å². The van der Waals surface area contributed by atoms with Gasteiger partial charge in [0.15, 0.2) is 5.41 Å². The highest BCUT2D eigenvalue weighted by Gasteiger charge is 2.73. The van der Waals surface area contributed by atoms with Gasteiger partial charge < -0.3 is 9.47 Å². The molecule has 0 heterocycles. The molecule has 0 bridgehead atoms. The fourth-order valence-electron chi connectivity index (χ4n) is 2.42. The standard InChI is InChI=1S/C10H16O4/c1-5-7-6(2)10(7,8(11)13-3)9(12)14-4/h6-7H,5H2,1-4H3. The van der Waals surface area contributed by atoms with Crippen LogP contribution in [0.15, 0.2) is 0 Å². The molecule has 0 amide bonds. The summed E-state index contributed by atoms with van der Waals surface area (Å²) in [7, 11) is 2.59. The van der Waals surface area contributed by atoms with Crippen molar-refractivity contribution < 1.29 is 19.1 Å². The van der Waals surface area contributed by atoms with Crippen LogP contribution in [0, 0.1) is 17.3 Å². The lowest BCUT2D eigenvalue weighted by atomic mass is 10.0. The molecule has 1 rings (SSSR count). The van der Waals surface area contributed by atoms with E-state index in [4.69, 9.17) is 0 Å². The van der Waals surface area contributed by atoms with Crippen molar-refractivity contribution in [2.24, 2.45) is 17.3 Å². The number of esters is 2. The molecule has 0 spiro atoms. The first-order valence-electron chi connectivity index (χ1n) is 4.74. The number of hydrogen-bond acceptors (Lipinski definition) is 4. The second-order valence-corrected chi connectivity index (χ2v) is 3.66. The summed E-state index contributed by atoms with van der Waals surface area (Å²) < 4.78 is 9.33. The Morgan fingerprint density at radius 3 is 1.86 bits per heavy atom. The molecule has 0 saturated heterocycles. The quantitative estimate of drug-likeness (QED) is 0.503. The van der Waals surface area contributed by atoms with E-state index in [2.05, 4.69) is 9.47 Å². The van der Waals surface area contributed by atoms with Gasteiger partial charge in [0.25, 0.3) is 0 Å². The van der Waals surface area contributed by atoms with Gasteiger partial charge in [0.1, 0.15) is 0 Å². The zero-order valence-electron chi connectivity index (χ0n) is 8.99. The maximum atomic E-state index is 11.6. The van der Waals surface area contributed by atoms with Crippen LogP contribution in [0.3, 0.4) is 0 Å². The first-order valence-corrected chi connectivity index (χ1v) is 4.74. The number of rotatable bonds is 3. The fourth-order valence-corrected chi connectivity index (χ4v) is 2.42. The minimum atomic E-state index is -1.03. The van der Waals surface area contributed by atoms with Crippen LogP contribution in [0.25, 0.3) is 0 Å². The third-order valence-electron chi connectivity index (χ3n) is 3.28. The van der Waals surface area contributed by atoms with Crippen LogP contribution in [0.1, 0.15) is 20.3 Å². The molecule has 0 N–H and O–H groups in total. The summed E-state index contributed by atoms with van der Waals surface area (Å²) in [5.41, 5.74) is -1.03. The lowest BCUT2D eigenvalue weighted by Crippen LogP contribution is -2.31. The van der Waals surface area contributed by atoms with E-state index in [0.717, 1.165) is 6.42 Å². The first-order chi connectivity index (χ1) is 6.57. The second kappa shape index (κ2) is 3.59. The van der Waals surface area contributed by atoms with Gasteiger partial charge in [-0.15, -0.1) is 0 Å². The Morgan fingerprint density at radius 1 is 1.21 bits per heavy atom. The van der Waals surface area contributed by atoms with E-state index in [1.807, 2.05) is 13.8 Å². The molecule has 1 fully saturated rings. The smallest absolute Gasteiger partial charge is 0.323 e. The molecule has 2 unspecified atom stereocenters. The van der Waals surface area contributed by atoms with Crippen molar-refractivity contribution in [2.75, 3.05) is 14.2 Å². The predicted molar refractivity (Wildman–Crippen MR) is 49.4 cm³/mol. The van der Waals surface area contributed by atoms with Crippen molar-refractivity contribution in [2.45, 2.75) is 20.3 Å². The monoisotopic (exact) mass is 200 g/mol. The lowest BCUT2D eigenvalue weighted by molar-refractivity contribution is -0.162. The summed E-state index contributed by atoms with van der Waals surface area (Å²) in [5, 5.41) is 0. The van der Waals surface area contributed by atoms with Gasteiger partial charge >= 0.3 is 11.9 Å². The van der Waals surface area contributed by atoms with Crippen molar-refractivity contribution >= 4 is 11.9 Å². The van der Waals surface area contributed by atoms with Crippen molar-refractivity contribution in [1.29, 1.82) is 0 Å². The molecule has 4 nitrogen and oxygen atoms in total. The Bertz CT molecular complexity index is 243. The minimum Gasteiger partial charge on any atom is -0.468 e. The fraction of sp³-hybridized carbons (Fsp3) is 0.800. The van der Waals surface area contributed by atoms with Crippen LogP contribution in [0.2, 0.25) is 0 Å². The summed E-state index contributed by atoms with van der Waals surface area (Å²) in [6.45, 7) is 3.83. The first kappa shape index (κ1) is 11.0. The van der Waals surface area contributed by atoms with Gasteiger partial charge in [0.05, 0.1) is 14.2 Å². The van der Waals surface area contributed by atoms with Crippen molar-refractivity contribution in [3.63, 3.8) is 0 Å². The Kier molecular flexibility index (Phi) is 2.83. The normalized spacial score (nSPS) is 28.0. The van der Waals surface area contributed by atoms with Crippen LogP contribution in [0.5, 0.6) is 0 Å². The van der Waals surface area contributed by atoms with E-state index < -0.39 is 17.4 Å². The molecule has 80 valence electrons. The average molecular weight is 200 g/mol. The molecule has 0 aromatic heterocycles. The van der Waals surface area contributed by atoms with E-state index in [9.17, 15) is 9.59 Å². The molecule has 4 heteroatoms. The van der Waals surface area contributed by atoms with Gasteiger partial charge in [-0.3, -0.25) is 9.59 Å². The summed E-state index contributed by atoms with van der Waals surface area (Å²) in [6, 6.07) is 0. The predicted octanol–water partition coefficient (Wildman–Crippen LogP) is 0.995. The Labute approximate surface area is 83.6 Å². The third kappa shape index (κ3) is 1.13. The molecular formula is C10H16O4. The van der Waals surface area contributed by atoms with Gasteiger partial charge in [0.2, 0.25) is 0 Å². The van der Waals surface area contributed by atoms with Gasteiger partial charge in [-0.1, -0.05) is 20.3 Å². The van der Waals surface area contributed by atoms with Gasteiger partial charge in [-0.2, -0.15) is 0 Å². The molecule has 0 aromatic carbocycles. The van der Waals surface area contributed by atoms with E-state index in [-0.39, 0.29) is 11.8 Å². The maximum absolute atomic E-state index is 11.6. The SMILES string of the molecule is CCC1C(C)C1(C(=O)OC)C(=O)OC. The second-order valence-electron chi connectivity index (χ2n) is 3.66. The topological polar surface area (TPSA) is 52.6 Å². The molecule has 0 aliphatic heterocycles. The number of carbonyl (C=O) groups excluding carboxylic acids is 2. The number of ether oxygens (including phenoxy) is 2. The zero-order valence-corrected chi connectivity index (χ0v) is 8.99. The van der Waals surface area contributed by atoms with Crippen LogP contribution < -0.4 is 0 Å². The van der Waals surface area contributed by atoms with Crippen LogP contribution in [-0.2, 0) is 19.1 Å². The highest BCUT2D eigenvalue weighted by atomic mass is 16.5. The Balaban J connectivity index is 2.95. The molecule has 1 aliphatic rings. The van der Waals surface area contributed by atoms with Gasteiger partial charge in [0, 0.05) is 0 Å². The molecule has 0 aromatic rings. The van der Waals surface area contributed by atoms with E-state index in [0.29, 0.717) is 0 Å². The minimum absolute atomic E-state index is 0.0207. The Hall–Kier alpha value is -1.06. The Morgan fingerprint density at radius 2 is 1.64 bits per heavy atom. The average Bonchev–Trinajstić information content (AvgIpc) is 2.82. The third-order valence-corrected chi connectivity index (χ3v) is 3.28. The van der Waals surface area contributed by atoms with E-state index in [1.165, 1.54) is 14.2 Å². The van der Waals surface area contributed by atoms with Crippen LogP contribution in [-0.4, -0.2) is 26.2 Å². The zero-order chi connectivity index (χ0) is 10.9. The number of methoxy groups -OCH3 is 2. The van der Waals surface area contributed by atoms with Crippen LogP contribution >= 0.6 is 0 Å². The largest absolute Gasteiger partial charge is 0.468 e. The molecule has 14 heavy (non-hydrogen) atoms. The lowest BCUT2D eigenvalue weighted by Gasteiger charge is -2.12. The highest BCUT2D eigenvalue weighted by molar-refractivity contribution is 6.04.